The highest BCUT2D eigenvalue weighted by Crippen LogP contribution is 2.41. The fourth-order valence-corrected chi connectivity index (χ4v) is 3.90. The monoisotopic (exact) mass is 298 g/mol. The Balaban J connectivity index is 1.50. The van der Waals surface area contributed by atoms with Crippen LogP contribution in [0.2, 0.25) is 0 Å². The number of ether oxygens (including phenoxy) is 1. The molecule has 4 rings (SSSR count). The van der Waals surface area contributed by atoms with Gasteiger partial charge in [-0.25, -0.2) is 9.67 Å². The normalized spacial score (nSPS) is 23.4. The topological polar surface area (TPSA) is 52.0 Å². The van der Waals surface area contributed by atoms with Gasteiger partial charge < -0.3 is 10.1 Å². The van der Waals surface area contributed by atoms with Crippen molar-refractivity contribution >= 4 is 0 Å². The zero-order valence-corrected chi connectivity index (χ0v) is 12.7. The summed E-state index contributed by atoms with van der Waals surface area (Å²) in [6, 6.07) is 6.49. The van der Waals surface area contributed by atoms with Crippen molar-refractivity contribution in [3.05, 3.63) is 42.4 Å². The van der Waals surface area contributed by atoms with Crippen LogP contribution in [0, 0.1) is 0 Å². The van der Waals surface area contributed by atoms with Crippen molar-refractivity contribution < 1.29 is 4.74 Å². The van der Waals surface area contributed by atoms with E-state index in [1.807, 2.05) is 29.2 Å². The molecular formula is C17H22N4O. The summed E-state index contributed by atoms with van der Waals surface area (Å²) < 4.78 is 7.94. The molecule has 1 saturated heterocycles. The highest BCUT2D eigenvalue weighted by molar-refractivity contribution is 5.32. The first-order valence-electron chi connectivity index (χ1n) is 8.19. The molecule has 0 aromatic carbocycles. The molecule has 1 aliphatic carbocycles. The lowest BCUT2D eigenvalue weighted by atomic mass is 9.92. The minimum atomic E-state index is 0.0913. The number of pyridine rings is 1. The van der Waals surface area contributed by atoms with Crippen LogP contribution >= 0.6 is 0 Å². The Kier molecular flexibility index (Phi) is 3.68. The quantitative estimate of drug-likeness (QED) is 0.942. The largest absolute Gasteiger partial charge is 0.373 e. The Morgan fingerprint density at radius 2 is 2.18 bits per heavy atom. The van der Waals surface area contributed by atoms with Crippen molar-refractivity contribution in [2.45, 2.75) is 50.3 Å². The summed E-state index contributed by atoms with van der Waals surface area (Å²) in [6.07, 6.45) is 11.6. The minimum Gasteiger partial charge on any atom is -0.373 e. The first kappa shape index (κ1) is 13.9. The predicted molar refractivity (Wildman–Crippen MR) is 83.8 cm³/mol. The molecule has 1 N–H and O–H groups in total. The molecule has 1 aliphatic heterocycles. The number of hydrogen-bond donors (Lipinski definition) is 1. The van der Waals surface area contributed by atoms with Crippen LogP contribution in [-0.4, -0.2) is 33.0 Å². The highest BCUT2D eigenvalue weighted by atomic mass is 16.5. The Hall–Kier alpha value is -1.72. The van der Waals surface area contributed by atoms with Crippen LogP contribution in [0.1, 0.15) is 37.7 Å². The van der Waals surface area contributed by atoms with Crippen molar-refractivity contribution in [1.29, 1.82) is 0 Å². The molecule has 2 fully saturated rings. The van der Waals surface area contributed by atoms with E-state index in [2.05, 4.69) is 21.5 Å². The summed E-state index contributed by atoms with van der Waals surface area (Å²) in [5.41, 5.74) is 1.26. The number of nitrogens with one attached hydrogen (secondary N) is 1. The van der Waals surface area contributed by atoms with Crippen molar-refractivity contribution in [2.24, 2.45) is 0 Å². The molecule has 2 aromatic rings. The van der Waals surface area contributed by atoms with Gasteiger partial charge >= 0.3 is 0 Å². The van der Waals surface area contributed by atoms with Crippen LogP contribution in [0.15, 0.2) is 36.8 Å². The fourth-order valence-electron chi connectivity index (χ4n) is 3.90. The third kappa shape index (κ3) is 2.44. The lowest BCUT2D eigenvalue weighted by Crippen LogP contribution is -2.45. The molecule has 1 saturated carbocycles. The van der Waals surface area contributed by atoms with Crippen LogP contribution in [0.3, 0.4) is 0 Å². The van der Waals surface area contributed by atoms with Gasteiger partial charge in [-0.2, -0.15) is 5.10 Å². The molecule has 1 unspecified atom stereocenters. The lowest BCUT2D eigenvalue weighted by Gasteiger charge is -2.30. The Labute approximate surface area is 130 Å². The number of aromatic nitrogens is 3. The number of nitrogens with zero attached hydrogens (tertiary/aromatic N) is 3. The van der Waals surface area contributed by atoms with Gasteiger partial charge in [0.25, 0.3) is 0 Å². The van der Waals surface area contributed by atoms with Crippen molar-refractivity contribution in [2.75, 3.05) is 6.61 Å². The lowest BCUT2D eigenvalue weighted by molar-refractivity contribution is -0.00485. The van der Waals surface area contributed by atoms with Crippen LogP contribution in [-0.2, 0) is 11.3 Å². The van der Waals surface area contributed by atoms with Crippen LogP contribution in [0.4, 0.5) is 0 Å². The van der Waals surface area contributed by atoms with Crippen LogP contribution in [0.25, 0.3) is 5.82 Å². The van der Waals surface area contributed by atoms with Crippen molar-refractivity contribution in [3.8, 4) is 5.82 Å². The molecule has 0 bridgehead atoms. The van der Waals surface area contributed by atoms with Crippen LogP contribution in [0.5, 0.6) is 0 Å². The second-order valence-electron chi connectivity index (χ2n) is 6.28. The summed E-state index contributed by atoms with van der Waals surface area (Å²) in [5.74, 6) is 0.902. The van der Waals surface area contributed by atoms with Gasteiger partial charge in [0, 0.05) is 43.3 Å². The maximum Gasteiger partial charge on any atom is 0.157 e. The zero-order chi connectivity index (χ0) is 14.8. The molecule has 1 spiro atoms. The summed E-state index contributed by atoms with van der Waals surface area (Å²) in [5, 5.41) is 8.03. The van der Waals surface area contributed by atoms with E-state index in [4.69, 9.17) is 4.74 Å². The molecular weight excluding hydrogens is 276 g/mol. The summed E-state index contributed by atoms with van der Waals surface area (Å²) >= 11 is 0. The second kappa shape index (κ2) is 5.82. The van der Waals surface area contributed by atoms with Gasteiger partial charge in [0.05, 0.1) is 5.60 Å². The molecule has 116 valence electrons. The SMILES string of the molecule is c1cnc(-n2cccn2)c(CNC2CCOC23CCCC3)c1. The van der Waals surface area contributed by atoms with E-state index < -0.39 is 0 Å². The fraction of sp³-hybridized carbons (Fsp3) is 0.529. The van der Waals surface area contributed by atoms with Gasteiger partial charge in [-0.15, -0.1) is 0 Å². The van der Waals surface area contributed by atoms with E-state index in [0.29, 0.717) is 6.04 Å². The smallest absolute Gasteiger partial charge is 0.157 e. The Morgan fingerprint density at radius 3 is 3.00 bits per heavy atom. The van der Waals surface area contributed by atoms with Gasteiger partial charge in [0.15, 0.2) is 5.82 Å². The van der Waals surface area contributed by atoms with E-state index in [-0.39, 0.29) is 5.60 Å². The van der Waals surface area contributed by atoms with Crippen molar-refractivity contribution in [3.63, 3.8) is 0 Å². The summed E-state index contributed by atoms with van der Waals surface area (Å²) in [7, 11) is 0. The standard InChI is InChI=1S/C17H22N4O/c1-2-8-17(7-1)15(6-12-22-17)19-13-14-5-3-9-18-16(14)21-11-4-10-20-21/h3-5,9-11,15,19H,1-2,6-8,12-13H2. The van der Waals surface area contributed by atoms with E-state index in [1.54, 1.807) is 6.20 Å². The van der Waals surface area contributed by atoms with Crippen LogP contribution < -0.4 is 5.32 Å². The Morgan fingerprint density at radius 1 is 1.27 bits per heavy atom. The number of rotatable bonds is 4. The van der Waals surface area contributed by atoms with Crippen molar-refractivity contribution in [1.82, 2.24) is 20.1 Å². The Bertz CT molecular complexity index is 614. The molecule has 2 aromatic heterocycles. The van der Waals surface area contributed by atoms with E-state index in [9.17, 15) is 0 Å². The first-order valence-corrected chi connectivity index (χ1v) is 8.19. The second-order valence-corrected chi connectivity index (χ2v) is 6.28. The third-order valence-corrected chi connectivity index (χ3v) is 5.01. The van der Waals surface area contributed by atoms with E-state index in [1.165, 1.54) is 31.2 Å². The minimum absolute atomic E-state index is 0.0913. The average molecular weight is 298 g/mol. The number of hydrogen-bond acceptors (Lipinski definition) is 4. The van der Waals surface area contributed by atoms with Gasteiger partial charge in [0.1, 0.15) is 0 Å². The predicted octanol–water partition coefficient (Wildman–Crippen LogP) is 2.46. The zero-order valence-electron chi connectivity index (χ0n) is 12.7. The summed E-state index contributed by atoms with van der Waals surface area (Å²) in [6.45, 7) is 1.69. The molecule has 5 nitrogen and oxygen atoms in total. The summed E-state index contributed by atoms with van der Waals surface area (Å²) in [4.78, 5) is 4.48. The maximum absolute atomic E-state index is 6.11. The highest BCUT2D eigenvalue weighted by Gasteiger charge is 2.45. The molecule has 0 amide bonds. The van der Waals surface area contributed by atoms with Gasteiger partial charge in [-0.05, 0) is 31.4 Å². The maximum atomic E-state index is 6.11. The molecule has 22 heavy (non-hydrogen) atoms. The molecule has 5 heteroatoms. The molecule has 2 aliphatic rings. The molecule has 3 heterocycles. The van der Waals surface area contributed by atoms with Gasteiger partial charge in [-0.1, -0.05) is 18.9 Å². The van der Waals surface area contributed by atoms with E-state index >= 15 is 0 Å². The van der Waals surface area contributed by atoms with Gasteiger partial charge in [0.2, 0.25) is 0 Å². The first-order chi connectivity index (χ1) is 10.9. The average Bonchev–Trinajstić information content (AvgIpc) is 3.29. The van der Waals surface area contributed by atoms with Gasteiger partial charge in [-0.3, -0.25) is 0 Å². The third-order valence-electron chi connectivity index (χ3n) is 5.01. The molecule has 0 radical (unpaired) electrons. The van der Waals surface area contributed by atoms with E-state index in [0.717, 1.165) is 25.4 Å². The molecule has 1 atom stereocenters.